The summed E-state index contributed by atoms with van der Waals surface area (Å²) in [6.45, 7) is 0.0811. The van der Waals surface area contributed by atoms with Crippen molar-refractivity contribution in [2.45, 2.75) is 0 Å². The summed E-state index contributed by atoms with van der Waals surface area (Å²) in [4.78, 5) is 16.5. The Kier molecular flexibility index (Phi) is 5.75. The van der Waals surface area contributed by atoms with Crippen molar-refractivity contribution in [1.29, 1.82) is 0 Å². The van der Waals surface area contributed by atoms with E-state index >= 15 is 0 Å². The third-order valence-electron chi connectivity index (χ3n) is 15.2. The third kappa shape index (κ3) is 3.66. The molecule has 9 aromatic carbocycles. The Morgan fingerprint density at radius 1 is 0.381 bits per heavy atom. The van der Waals surface area contributed by atoms with Crippen molar-refractivity contribution in [1.82, 2.24) is 9.97 Å². The fourth-order valence-electron chi connectivity index (χ4n) is 13.0. The minimum absolute atomic E-state index is 0.0406. The molecular weight excluding hydrogens is 959 g/mol. The normalized spacial score (nSPS) is 14.8. The molecule has 0 unspecified atom stereocenters. The van der Waals surface area contributed by atoms with Crippen LogP contribution in [0.25, 0.3) is 65.9 Å². The van der Waals surface area contributed by atoms with Gasteiger partial charge in [-0.05, 0) is 0 Å². The molecule has 63 heavy (non-hydrogen) atoms. The molecule has 0 saturated carbocycles. The molecule has 6 aliphatic heterocycles. The van der Waals surface area contributed by atoms with Crippen LogP contribution in [0.2, 0.25) is 0 Å². The molecule has 0 fully saturated rings. The molecule has 6 aliphatic rings. The van der Waals surface area contributed by atoms with E-state index in [-0.39, 0.29) is 13.4 Å². The molecule has 0 bridgehead atoms. The third-order valence-corrected chi connectivity index (χ3v) is 25.3. The van der Waals surface area contributed by atoms with Crippen LogP contribution >= 0.6 is 0 Å². The Bertz CT molecular complexity index is 3790. The first kappa shape index (κ1) is 32.6. The number of nitrogens with zero attached hydrogens (tertiary/aromatic N) is 4. The molecule has 0 radical (unpaired) electrons. The first-order valence-corrected chi connectivity index (χ1v) is 27.2. The maximum absolute atomic E-state index is 5.53. The average Bonchev–Trinajstić information content (AvgIpc) is 3.35. The van der Waals surface area contributed by atoms with Crippen molar-refractivity contribution >= 4 is 155 Å². The van der Waals surface area contributed by atoms with Gasteiger partial charge in [-0.25, -0.2) is 0 Å². The molecule has 0 aliphatic carbocycles. The molecule has 0 N–H and O–H groups in total. The first-order valence-electron chi connectivity index (χ1n) is 22.0. The van der Waals surface area contributed by atoms with E-state index in [0.717, 1.165) is 22.4 Å². The first-order chi connectivity index (χ1) is 31.3. The van der Waals surface area contributed by atoms with Crippen LogP contribution < -0.4 is 52.4 Å². The fraction of sp³-hybridized carbons (Fsp3) is 0. The summed E-state index contributed by atoms with van der Waals surface area (Å²) < 4.78 is 4.72. The van der Waals surface area contributed by atoms with Gasteiger partial charge in [-0.1, -0.05) is 0 Å². The summed E-state index contributed by atoms with van der Waals surface area (Å²) in [7, 11) is 0. The van der Waals surface area contributed by atoms with Crippen LogP contribution in [0.5, 0.6) is 0 Å². The molecule has 0 saturated heterocycles. The number of hydrogen-bond donors (Lipinski definition) is 0. The second kappa shape index (κ2) is 11.1. The number of benzene rings is 9. The second-order valence-corrected chi connectivity index (χ2v) is 26.0. The van der Waals surface area contributed by atoms with Gasteiger partial charge in [0.2, 0.25) is 0 Å². The number of anilines is 6. The van der Waals surface area contributed by atoms with Gasteiger partial charge in [0.15, 0.2) is 0 Å². The van der Waals surface area contributed by atoms with Crippen LogP contribution in [0.4, 0.5) is 34.1 Å². The SMILES string of the molecule is c1ccc2c(c1)B1c3cc4c5[c]6c3N(c3cccc[c]3[Bi]6[c]3ccccc3N5c3ccc5c6c(nc7ccccc75)-c5ccccc5B4c36)c3ccc4c(c-2nc2ccccc24)c31. The molecule has 17 rings (SSSR count). The molecule has 0 atom stereocenters. The van der Waals surface area contributed by atoms with E-state index in [9.17, 15) is 0 Å². The molecule has 284 valence electrons. The van der Waals surface area contributed by atoms with E-state index in [0.29, 0.717) is 0 Å². The van der Waals surface area contributed by atoms with Gasteiger partial charge in [0, 0.05) is 0 Å². The van der Waals surface area contributed by atoms with E-state index in [2.05, 4.69) is 186 Å². The number of fused-ring (bicyclic) bond motifs is 20. The second-order valence-electron chi connectivity index (χ2n) is 17.9. The van der Waals surface area contributed by atoms with Crippen LogP contribution in [-0.4, -0.2) is 45.1 Å². The Hall–Kier alpha value is -7.07. The quantitative estimate of drug-likeness (QED) is 0.124. The summed E-state index contributed by atoms with van der Waals surface area (Å²) in [5, 5.41) is 7.58. The van der Waals surface area contributed by atoms with Crippen LogP contribution in [0.15, 0.2) is 176 Å². The van der Waals surface area contributed by atoms with E-state index in [1.165, 1.54) is 110 Å². The maximum atomic E-state index is 5.53. The van der Waals surface area contributed by atoms with Crippen molar-refractivity contribution in [3.05, 3.63) is 176 Å². The van der Waals surface area contributed by atoms with Crippen LogP contribution in [0, 0.1) is 0 Å². The van der Waals surface area contributed by atoms with Gasteiger partial charge in [-0.15, -0.1) is 0 Å². The zero-order valence-electron chi connectivity index (χ0n) is 33.6. The summed E-state index contributed by atoms with van der Waals surface area (Å²) in [6, 6.07) is 67.1. The van der Waals surface area contributed by atoms with E-state index in [1.807, 2.05) is 0 Å². The average molecular weight is 988 g/mol. The molecule has 0 amide bonds. The van der Waals surface area contributed by atoms with Crippen molar-refractivity contribution in [2.75, 3.05) is 9.80 Å². The minimum atomic E-state index is -3.05. The van der Waals surface area contributed by atoms with Crippen molar-refractivity contribution in [3.63, 3.8) is 0 Å². The van der Waals surface area contributed by atoms with Crippen LogP contribution in [-0.2, 0) is 0 Å². The van der Waals surface area contributed by atoms with E-state index < -0.39 is 21.8 Å². The van der Waals surface area contributed by atoms with Gasteiger partial charge in [0.05, 0.1) is 0 Å². The van der Waals surface area contributed by atoms with Gasteiger partial charge in [0.25, 0.3) is 0 Å². The Balaban J connectivity index is 1.09. The predicted octanol–water partition coefficient (Wildman–Crippen LogP) is 6.79. The van der Waals surface area contributed by atoms with Crippen LogP contribution in [0.1, 0.15) is 0 Å². The summed E-state index contributed by atoms with van der Waals surface area (Å²) in [6.07, 6.45) is 0. The predicted molar refractivity (Wildman–Crippen MR) is 266 cm³/mol. The van der Waals surface area contributed by atoms with Crippen LogP contribution in [0.3, 0.4) is 0 Å². The molecule has 0 spiro atoms. The van der Waals surface area contributed by atoms with E-state index in [1.54, 1.807) is 9.81 Å². The molecule has 7 heteroatoms. The van der Waals surface area contributed by atoms with Gasteiger partial charge in [0.1, 0.15) is 0 Å². The zero-order chi connectivity index (χ0) is 40.4. The molecule has 8 heterocycles. The van der Waals surface area contributed by atoms with Crippen molar-refractivity contribution in [3.8, 4) is 22.5 Å². The van der Waals surface area contributed by atoms with Crippen molar-refractivity contribution < 1.29 is 0 Å². The van der Waals surface area contributed by atoms with Crippen molar-refractivity contribution in [2.24, 2.45) is 0 Å². The number of para-hydroxylation sites is 4. The number of pyridine rings is 2. The van der Waals surface area contributed by atoms with Gasteiger partial charge in [-0.3, -0.25) is 0 Å². The number of rotatable bonds is 0. The zero-order valence-corrected chi connectivity index (χ0v) is 37.1. The Labute approximate surface area is 370 Å². The van der Waals surface area contributed by atoms with Gasteiger partial charge >= 0.3 is 373 Å². The summed E-state index contributed by atoms with van der Waals surface area (Å²) in [5.41, 5.74) is 23.3. The molecular formula is C56H29B2BiN4. The monoisotopic (exact) mass is 988 g/mol. The van der Waals surface area contributed by atoms with Gasteiger partial charge < -0.3 is 0 Å². The standard InChI is InChI=1S/C56H29B2N4.Bi/c1-3-15-33(16-4-1)61-47-29-27-37-35-19-9-13-25-45(35)59-55-39-21-7-11-23-41(39)57(53(47)51(37)55)43-31-44-50(32-49(43)61)62(34-17-5-2-6-18-34)48-30-28-38-36-20-10-14-26-46(36)60-56-40-22-8-12-24-42(40)58(44)54(48)52(38)56;/h1-15,17,19-31H;. The molecule has 11 aromatic rings. The number of aromatic nitrogens is 2. The number of hydrogen-bond acceptors (Lipinski definition) is 4. The topological polar surface area (TPSA) is 32.3 Å². The summed E-state index contributed by atoms with van der Waals surface area (Å²) >= 11 is -3.05. The summed E-state index contributed by atoms with van der Waals surface area (Å²) in [5.74, 6) is 0. The molecule has 2 aromatic heterocycles. The van der Waals surface area contributed by atoms with E-state index in [4.69, 9.17) is 9.97 Å². The Morgan fingerprint density at radius 2 is 0.825 bits per heavy atom. The Morgan fingerprint density at radius 3 is 1.35 bits per heavy atom. The molecule has 4 nitrogen and oxygen atoms in total. The fourth-order valence-corrected chi connectivity index (χ4v) is 24.3. The van der Waals surface area contributed by atoms with Gasteiger partial charge in [-0.2, -0.15) is 0 Å².